The number of H-pyrrole nitrogens is 1. The summed E-state index contributed by atoms with van der Waals surface area (Å²) in [5.41, 5.74) is 3.72. The Bertz CT molecular complexity index is 779. The number of imidazole rings is 1. The summed E-state index contributed by atoms with van der Waals surface area (Å²) in [5, 5.41) is 0. The van der Waals surface area contributed by atoms with Crippen molar-refractivity contribution in [2.75, 3.05) is 6.79 Å². The Balaban J connectivity index is 1.85. The van der Waals surface area contributed by atoms with Gasteiger partial charge in [0, 0.05) is 11.8 Å². The van der Waals surface area contributed by atoms with E-state index < -0.39 is 0 Å². The smallest absolute Gasteiger partial charge is 0.231 e. The maximum atomic E-state index is 5.37. The standard InChI is InChI=1S/C14H11N3O2/c1-8-4-10-14(15-6-8)17-13(16-10)9-2-3-11-12(5-9)19-7-18-11/h2-6H,7H2,1H3,(H,15,16,17). The van der Waals surface area contributed by atoms with Crippen LogP contribution >= 0.6 is 0 Å². The third-order valence-electron chi connectivity index (χ3n) is 3.12. The molecule has 4 rings (SSSR count). The number of aromatic amines is 1. The SMILES string of the molecule is Cc1cnc2nc(-c3ccc4c(c3)OCO4)[nH]c2c1. The summed E-state index contributed by atoms with van der Waals surface area (Å²) >= 11 is 0. The van der Waals surface area contributed by atoms with Crippen LogP contribution in [0, 0.1) is 6.92 Å². The molecule has 94 valence electrons. The predicted molar refractivity (Wildman–Crippen MR) is 70.2 cm³/mol. The molecule has 1 aliphatic heterocycles. The number of hydrogen-bond donors (Lipinski definition) is 1. The molecule has 0 aliphatic carbocycles. The third kappa shape index (κ3) is 1.62. The number of rotatable bonds is 1. The molecule has 2 aromatic heterocycles. The van der Waals surface area contributed by atoms with Gasteiger partial charge in [0.2, 0.25) is 6.79 Å². The Morgan fingerprint density at radius 2 is 2.05 bits per heavy atom. The minimum Gasteiger partial charge on any atom is -0.454 e. The lowest BCUT2D eigenvalue weighted by molar-refractivity contribution is 0.174. The summed E-state index contributed by atoms with van der Waals surface area (Å²) in [4.78, 5) is 12.1. The Morgan fingerprint density at radius 1 is 1.16 bits per heavy atom. The minimum absolute atomic E-state index is 0.277. The van der Waals surface area contributed by atoms with Crippen molar-refractivity contribution in [3.63, 3.8) is 0 Å². The van der Waals surface area contributed by atoms with Crippen molar-refractivity contribution in [1.82, 2.24) is 15.0 Å². The molecule has 0 saturated carbocycles. The number of ether oxygens (including phenoxy) is 2. The van der Waals surface area contributed by atoms with E-state index in [1.165, 1.54) is 0 Å². The number of hydrogen-bond acceptors (Lipinski definition) is 4. The highest BCUT2D eigenvalue weighted by molar-refractivity contribution is 5.76. The second-order valence-corrected chi connectivity index (χ2v) is 4.54. The van der Waals surface area contributed by atoms with Gasteiger partial charge in [-0.3, -0.25) is 0 Å². The van der Waals surface area contributed by atoms with Crippen LogP contribution in [-0.2, 0) is 0 Å². The molecule has 0 spiro atoms. The summed E-state index contributed by atoms with van der Waals surface area (Å²) in [6.07, 6.45) is 1.81. The van der Waals surface area contributed by atoms with Crippen molar-refractivity contribution in [2.24, 2.45) is 0 Å². The Kier molecular flexibility index (Phi) is 2.03. The second kappa shape index (κ2) is 3.71. The normalized spacial score (nSPS) is 13.1. The number of benzene rings is 1. The molecule has 3 heterocycles. The van der Waals surface area contributed by atoms with Crippen LogP contribution in [0.2, 0.25) is 0 Å². The minimum atomic E-state index is 0.277. The van der Waals surface area contributed by atoms with Crippen LogP contribution in [0.4, 0.5) is 0 Å². The van der Waals surface area contributed by atoms with Crippen molar-refractivity contribution in [3.8, 4) is 22.9 Å². The first-order chi connectivity index (χ1) is 9.29. The van der Waals surface area contributed by atoms with E-state index in [0.717, 1.165) is 39.6 Å². The average molecular weight is 253 g/mol. The fourth-order valence-electron chi connectivity index (χ4n) is 2.19. The van der Waals surface area contributed by atoms with Gasteiger partial charge in [-0.25, -0.2) is 9.97 Å². The molecule has 1 aromatic carbocycles. The molecule has 0 fully saturated rings. The number of aryl methyl sites for hydroxylation is 1. The van der Waals surface area contributed by atoms with E-state index in [9.17, 15) is 0 Å². The van der Waals surface area contributed by atoms with Gasteiger partial charge in [-0.05, 0) is 36.8 Å². The van der Waals surface area contributed by atoms with E-state index in [2.05, 4.69) is 15.0 Å². The first-order valence-corrected chi connectivity index (χ1v) is 6.02. The molecule has 1 aliphatic rings. The molecule has 1 N–H and O–H groups in total. The average Bonchev–Trinajstić information content (AvgIpc) is 3.02. The van der Waals surface area contributed by atoms with Gasteiger partial charge < -0.3 is 14.5 Å². The first kappa shape index (κ1) is 10.4. The molecule has 0 unspecified atom stereocenters. The number of nitrogens with zero attached hydrogens (tertiary/aromatic N) is 2. The Labute approximate surface area is 109 Å². The summed E-state index contributed by atoms with van der Waals surface area (Å²) in [7, 11) is 0. The van der Waals surface area contributed by atoms with Crippen molar-refractivity contribution in [2.45, 2.75) is 6.92 Å². The molecule has 19 heavy (non-hydrogen) atoms. The molecule has 5 heteroatoms. The van der Waals surface area contributed by atoms with Gasteiger partial charge in [0.15, 0.2) is 17.1 Å². The molecular weight excluding hydrogens is 242 g/mol. The molecule has 3 aromatic rings. The lowest BCUT2D eigenvalue weighted by Gasteiger charge is -1.99. The predicted octanol–water partition coefficient (Wildman–Crippen LogP) is 2.66. The maximum absolute atomic E-state index is 5.37. The van der Waals surface area contributed by atoms with E-state index in [-0.39, 0.29) is 6.79 Å². The molecule has 0 radical (unpaired) electrons. The third-order valence-corrected chi connectivity index (χ3v) is 3.12. The topological polar surface area (TPSA) is 60.0 Å². The molecule has 0 amide bonds. The zero-order chi connectivity index (χ0) is 12.8. The molecule has 0 saturated heterocycles. The van der Waals surface area contributed by atoms with Gasteiger partial charge in [0.05, 0.1) is 5.52 Å². The fraction of sp³-hybridized carbons (Fsp3) is 0.143. The summed E-state index contributed by atoms with van der Waals surface area (Å²) in [6.45, 7) is 2.28. The van der Waals surface area contributed by atoms with Crippen molar-refractivity contribution < 1.29 is 9.47 Å². The number of aromatic nitrogens is 3. The highest BCUT2D eigenvalue weighted by atomic mass is 16.7. The van der Waals surface area contributed by atoms with Crippen LogP contribution in [0.15, 0.2) is 30.5 Å². The van der Waals surface area contributed by atoms with Gasteiger partial charge in [-0.1, -0.05) is 0 Å². The monoisotopic (exact) mass is 253 g/mol. The van der Waals surface area contributed by atoms with Crippen LogP contribution in [0.1, 0.15) is 5.56 Å². The van der Waals surface area contributed by atoms with Crippen LogP contribution in [-0.4, -0.2) is 21.7 Å². The van der Waals surface area contributed by atoms with Gasteiger partial charge in [-0.15, -0.1) is 0 Å². The van der Waals surface area contributed by atoms with Crippen molar-refractivity contribution >= 4 is 11.2 Å². The van der Waals surface area contributed by atoms with Gasteiger partial charge in [0.25, 0.3) is 0 Å². The Hall–Kier alpha value is -2.56. The zero-order valence-corrected chi connectivity index (χ0v) is 10.3. The van der Waals surface area contributed by atoms with Gasteiger partial charge in [0.1, 0.15) is 5.82 Å². The molecular formula is C14H11N3O2. The quantitative estimate of drug-likeness (QED) is 0.724. The van der Waals surface area contributed by atoms with Crippen LogP contribution in [0.25, 0.3) is 22.6 Å². The van der Waals surface area contributed by atoms with E-state index in [1.807, 2.05) is 37.4 Å². The maximum Gasteiger partial charge on any atom is 0.231 e. The van der Waals surface area contributed by atoms with Crippen LogP contribution in [0.5, 0.6) is 11.5 Å². The number of pyridine rings is 1. The van der Waals surface area contributed by atoms with Crippen LogP contribution < -0.4 is 9.47 Å². The van der Waals surface area contributed by atoms with E-state index in [4.69, 9.17) is 9.47 Å². The van der Waals surface area contributed by atoms with E-state index in [0.29, 0.717) is 0 Å². The zero-order valence-electron chi connectivity index (χ0n) is 10.3. The summed E-state index contributed by atoms with van der Waals surface area (Å²) < 4.78 is 10.7. The Morgan fingerprint density at radius 3 is 3.00 bits per heavy atom. The van der Waals surface area contributed by atoms with Crippen molar-refractivity contribution in [3.05, 3.63) is 36.0 Å². The number of fused-ring (bicyclic) bond motifs is 2. The number of nitrogens with one attached hydrogen (secondary N) is 1. The van der Waals surface area contributed by atoms with Crippen LogP contribution in [0.3, 0.4) is 0 Å². The second-order valence-electron chi connectivity index (χ2n) is 4.54. The van der Waals surface area contributed by atoms with E-state index >= 15 is 0 Å². The lowest BCUT2D eigenvalue weighted by Crippen LogP contribution is -1.92. The molecule has 0 atom stereocenters. The fourth-order valence-corrected chi connectivity index (χ4v) is 2.19. The lowest BCUT2D eigenvalue weighted by atomic mass is 10.2. The highest BCUT2D eigenvalue weighted by Crippen LogP contribution is 2.35. The van der Waals surface area contributed by atoms with Gasteiger partial charge in [-0.2, -0.15) is 0 Å². The summed E-state index contributed by atoms with van der Waals surface area (Å²) in [6, 6.07) is 7.81. The molecule has 0 bridgehead atoms. The highest BCUT2D eigenvalue weighted by Gasteiger charge is 2.15. The first-order valence-electron chi connectivity index (χ1n) is 6.02. The molecule has 5 nitrogen and oxygen atoms in total. The van der Waals surface area contributed by atoms with Gasteiger partial charge >= 0.3 is 0 Å². The summed E-state index contributed by atoms with van der Waals surface area (Å²) in [5.74, 6) is 2.31. The van der Waals surface area contributed by atoms with E-state index in [1.54, 1.807) is 0 Å². The largest absolute Gasteiger partial charge is 0.454 e. The van der Waals surface area contributed by atoms with Crippen molar-refractivity contribution in [1.29, 1.82) is 0 Å².